The van der Waals surface area contributed by atoms with Crippen molar-refractivity contribution in [3.8, 4) is 23.0 Å². The fraction of sp³-hybridized carbons (Fsp3) is 0.229. The standard InChI is InChI=1S/C35H32ClFN4/c1-23-8-4-5-9-27(23)12-13-28-10-6-7-11-30(28)31-20-29(36)21-32-34(31)39-35(40-16-14-38-15-17-40)41(32)22-26-18-24(2)33(37)25(3)19-26/h4-11,18-21,38H,14-17,22H2,1-3H3. The first-order valence-corrected chi connectivity index (χ1v) is 14.3. The quantitative estimate of drug-likeness (QED) is 0.234. The number of anilines is 1. The van der Waals surface area contributed by atoms with Crippen molar-refractivity contribution in [2.75, 3.05) is 31.1 Å². The van der Waals surface area contributed by atoms with Gasteiger partial charge in [0.05, 0.1) is 17.6 Å². The second-order valence-electron chi connectivity index (χ2n) is 10.7. The largest absolute Gasteiger partial charge is 0.340 e. The van der Waals surface area contributed by atoms with Gasteiger partial charge in [0.1, 0.15) is 5.82 Å². The molecule has 4 nitrogen and oxygen atoms in total. The Morgan fingerprint density at radius 1 is 0.829 bits per heavy atom. The van der Waals surface area contributed by atoms with Crippen LogP contribution in [0.15, 0.2) is 72.8 Å². The van der Waals surface area contributed by atoms with Crippen molar-refractivity contribution >= 4 is 28.6 Å². The molecule has 1 aliphatic heterocycles. The average molecular weight is 563 g/mol. The SMILES string of the molecule is Cc1ccccc1C#Cc1ccccc1-c1cc(Cl)cc2c1nc(N1CCNCC1)n2Cc1cc(C)c(F)c(C)c1. The molecule has 1 aromatic heterocycles. The van der Waals surface area contributed by atoms with Gasteiger partial charge in [-0.1, -0.05) is 72.0 Å². The zero-order valence-electron chi connectivity index (χ0n) is 23.6. The molecule has 206 valence electrons. The normalized spacial score (nSPS) is 13.3. The second kappa shape index (κ2) is 11.4. The van der Waals surface area contributed by atoms with Gasteiger partial charge in [-0.25, -0.2) is 9.37 Å². The van der Waals surface area contributed by atoms with Crippen LogP contribution >= 0.6 is 11.6 Å². The minimum absolute atomic E-state index is 0.152. The van der Waals surface area contributed by atoms with E-state index in [0.717, 1.165) is 76.5 Å². The maximum atomic E-state index is 14.5. The molecule has 0 amide bonds. The fourth-order valence-electron chi connectivity index (χ4n) is 5.63. The first-order valence-electron chi connectivity index (χ1n) is 14.0. The lowest BCUT2D eigenvalue weighted by Gasteiger charge is -2.29. The predicted octanol–water partition coefficient (Wildman–Crippen LogP) is 7.28. The minimum atomic E-state index is -0.152. The zero-order valence-corrected chi connectivity index (χ0v) is 24.3. The molecule has 6 rings (SSSR count). The number of fused-ring (bicyclic) bond motifs is 1. The van der Waals surface area contributed by atoms with E-state index in [4.69, 9.17) is 16.6 Å². The van der Waals surface area contributed by atoms with Gasteiger partial charge in [0.25, 0.3) is 0 Å². The molecule has 0 saturated carbocycles. The van der Waals surface area contributed by atoms with Crippen molar-refractivity contribution < 1.29 is 4.39 Å². The number of halogens is 2. The van der Waals surface area contributed by atoms with Gasteiger partial charge in [0.15, 0.2) is 0 Å². The summed E-state index contributed by atoms with van der Waals surface area (Å²) in [5.41, 5.74) is 9.16. The summed E-state index contributed by atoms with van der Waals surface area (Å²) < 4.78 is 16.7. The van der Waals surface area contributed by atoms with Crippen LogP contribution in [0.25, 0.3) is 22.2 Å². The van der Waals surface area contributed by atoms with E-state index < -0.39 is 0 Å². The van der Waals surface area contributed by atoms with Crippen LogP contribution in [0.2, 0.25) is 5.02 Å². The predicted molar refractivity (Wildman–Crippen MR) is 167 cm³/mol. The van der Waals surface area contributed by atoms with Gasteiger partial charge in [0, 0.05) is 47.9 Å². The summed E-state index contributed by atoms with van der Waals surface area (Å²) in [5.74, 6) is 7.52. The van der Waals surface area contributed by atoms with Gasteiger partial charge >= 0.3 is 0 Å². The molecular formula is C35H32ClFN4. The van der Waals surface area contributed by atoms with Crippen LogP contribution in [-0.4, -0.2) is 35.7 Å². The average Bonchev–Trinajstić information content (AvgIpc) is 3.33. The molecule has 0 bridgehead atoms. The molecule has 6 heteroatoms. The molecule has 2 heterocycles. The highest BCUT2D eigenvalue weighted by Crippen LogP contribution is 2.36. The third-order valence-corrected chi connectivity index (χ3v) is 7.95. The van der Waals surface area contributed by atoms with E-state index in [1.54, 1.807) is 0 Å². The lowest BCUT2D eigenvalue weighted by molar-refractivity contribution is 0.571. The van der Waals surface area contributed by atoms with Gasteiger partial charge < -0.3 is 14.8 Å². The van der Waals surface area contributed by atoms with Crippen molar-refractivity contribution in [1.29, 1.82) is 0 Å². The van der Waals surface area contributed by atoms with Crippen LogP contribution in [-0.2, 0) is 6.54 Å². The van der Waals surface area contributed by atoms with Gasteiger partial charge in [-0.15, -0.1) is 0 Å². The second-order valence-corrected chi connectivity index (χ2v) is 11.1. The Bertz CT molecular complexity index is 1800. The van der Waals surface area contributed by atoms with Crippen LogP contribution in [0.5, 0.6) is 0 Å². The Hall–Kier alpha value is -4.11. The highest BCUT2D eigenvalue weighted by Gasteiger charge is 2.23. The van der Waals surface area contributed by atoms with E-state index in [1.165, 1.54) is 0 Å². The number of hydrogen-bond acceptors (Lipinski definition) is 3. The third kappa shape index (κ3) is 5.46. The third-order valence-electron chi connectivity index (χ3n) is 7.73. The van der Waals surface area contributed by atoms with Crippen LogP contribution in [0.3, 0.4) is 0 Å². The first-order chi connectivity index (χ1) is 19.9. The van der Waals surface area contributed by atoms with Gasteiger partial charge in [-0.3, -0.25) is 0 Å². The van der Waals surface area contributed by atoms with Gasteiger partial charge in [0.2, 0.25) is 5.95 Å². The van der Waals surface area contributed by atoms with E-state index >= 15 is 0 Å². The molecule has 0 atom stereocenters. The smallest absolute Gasteiger partial charge is 0.206 e. The molecule has 0 aliphatic carbocycles. The van der Waals surface area contributed by atoms with Crippen molar-refractivity contribution in [2.24, 2.45) is 0 Å². The zero-order chi connectivity index (χ0) is 28.5. The van der Waals surface area contributed by atoms with Crippen LogP contribution in [0.4, 0.5) is 10.3 Å². The Balaban J connectivity index is 1.53. The van der Waals surface area contributed by atoms with Crippen molar-refractivity contribution in [3.05, 3.63) is 117 Å². The van der Waals surface area contributed by atoms with E-state index in [2.05, 4.69) is 45.7 Å². The highest BCUT2D eigenvalue weighted by atomic mass is 35.5. The van der Waals surface area contributed by atoms with Gasteiger partial charge in [-0.05, 0) is 72.9 Å². The molecule has 0 unspecified atom stereocenters. The molecule has 41 heavy (non-hydrogen) atoms. The molecule has 0 radical (unpaired) electrons. The first kappa shape index (κ1) is 27.1. The van der Waals surface area contributed by atoms with E-state index in [1.807, 2.05) is 74.5 Å². The number of aromatic nitrogens is 2. The summed E-state index contributed by atoms with van der Waals surface area (Å²) in [5, 5.41) is 4.07. The molecule has 1 N–H and O–H groups in total. The van der Waals surface area contributed by atoms with Gasteiger partial charge in [-0.2, -0.15) is 0 Å². The van der Waals surface area contributed by atoms with Crippen molar-refractivity contribution in [2.45, 2.75) is 27.3 Å². The van der Waals surface area contributed by atoms with Crippen LogP contribution < -0.4 is 10.2 Å². The van der Waals surface area contributed by atoms with E-state index in [9.17, 15) is 4.39 Å². The number of rotatable bonds is 4. The maximum Gasteiger partial charge on any atom is 0.206 e. The number of nitrogens with zero attached hydrogens (tertiary/aromatic N) is 3. The highest BCUT2D eigenvalue weighted by molar-refractivity contribution is 6.32. The van der Waals surface area contributed by atoms with Crippen molar-refractivity contribution in [1.82, 2.24) is 14.9 Å². The molecule has 5 aromatic rings. The fourth-order valence-corrected chi connectivity index (χ4v) is 5.84. The Morgan fingerprint density at radius 2 is 1.49 bits per heavy atom. The Morgan fingerprint density at radius 3 is 2.22 bits per heavy atom. The minimum Gasteiger partial charge on any atom is -0.340 e. The summed E-state index contributed by atoms with van der Waals surface area (Å²) >= 11 is 6.81. The monoisotopic (exact) mass is 562 g/mol. The summed E-state index contributed by atoms with van der Waals surface area (Å²) in [4.78, 5) is 7.59. The topological polar surface area (TPSA) is 33.1 Å². The molecule has 0 spiro atoms. The summed E-state index contributed by atoms with van der Waals surface area (Å²) in [7, 11) is 0. The number of imidazole rings is 1. The van der Waals surface area contributed by atoms with Crippen LogP contribution in [0, 0.1) is 38.4 Å². The summed E-state index contributed by atoms with van der Waals surface area (Å²) in [6, 6.07) is 24.2. The number of hydrogen-bond donors (Lipinski definition) is 1. The molecular weight excluding hydrogens is 531 g/mol. The Kier molecular flexibility index (Phi) is 7.53. The number of benzene rings is 4. The lowest BCUT2D eigenvalue weighted by atomic mass is 9.98. The van der Waals surface area contributed by atoms with E-state index in [-0.39, 0.29) is 5.82 Å². The Labute approximate surface area is 245 Å². The summed E-state index contributed by atoms with van der Waals surface area (Å²) in [6.07, 6.45) is 0. The van der Waals surface area contributed by atoms with Crippen LogP contribution in [0.1, 0.15) is 33.4 Å². The summed E-state index contributed by atoms with van der Waals surface area (Å²) in [6.45, 7) is 9.76. The van der Waals surface area contributed by atoms with E-state index in [0.29, 0.717) is 22.7 Å². The molecule has 4 aromatic carbocycles. The van der Waals surface area contributed by atoms with Crippen molar-refractivity contribution in [3.63, 3.8) is 0 Å². The molecule has 1 aliphatic rings. The molecule has 1 saturated heterocycles. The molecule has 1 fully saturated rings. The maximum absolute atomic E-state index is 14.5. The number of piperazine rings is 1. The lowest BCUT2D eigenvalue weighted by Crippen LogP contribution is -2.44. The number of aryl methyl sites for hydroxylation is 3. The number of nitrogens with one attached hydrogen (secondary N) is 1.